The predicted octanol–water partition coefficient (Wildman–Crippen LogP) is 3.82. The topological polar surface area (TPSA) is 57.7 Å². The van der Waals surface area contributed by atoms with E-state index < -0.39 is 10.0 Å². The molecule has 1 aromatic carbocycles. The van der Waals surface area contributed by atoms with Crippen LogP contribution in [-0.2, 0) is 14.8 Å². The molecule has 1 amide bonds. The summed E-state index contributed by atoms with van der Waals surface area (Å²) >= 11 is 12.1. The Bertz CT molecular complexity index is 752. The van der Waals surface area contributed by atoms with Crippen molar-refractivity contribution >= 4 is 39.1 Å². The molecule has 0 spiro atoms. The molecule has 0 unspecified atom stereocenters. The number of halogens is 2. The molecule has 0 bridgehead atoms. The van der Waals surface area contributed by atoms with E-state index >= 15 is 0 Å². The van der Waals surface area contributed by atoms with Crippen LogP contribution in [0.3, 0.4) is 0 Å². The molecule has 26 heavy (non-hydrogen) atoms. The van der Waals surface area contributed by atoms with E-state index in [-0.39, 0.29) is 45.9 Å². The van der Waals surface area contributed by atoms with Crippen LogP contribution in [0.15, 0.2) is 35.7 Å². The Morgan fingerprint density at radius 3 is 2.31 bits per heavy atom. The van der Waals surface area contributed by atoms with Gasteiger partial charge < -0.3 is 4.90 Å². The second kappa shape index (κ2) is 8.74. The van der Waals surface area contributed by atoms with Crippen LogP contribution in [0.25, 0.3) is 0 Å². The number of nitrogens with zero attached hydrogens (tertiary/aromatic N) is 2. The zero-order valence-electron chi connectivity index (χ0n) is 15.0. The van der Waals surface area contributed by atoms with Gasteiger partial charge in [0.2, 0.25) is 15.9 Å². The van der Waals surface area contributed by atoms with Gasteiger partial charge in [0.15, 0.2) is 0 Å². The molecule has 1 fully saturated rings. The van der Waals surface area contributed by atoms with Crippen molar-refractivity contribution in [1.29, 1.82) is 0 Å². The molecule has 1 heterocycles. The minimum absolute atomic E-state index is 0.0488. The fourth-order valence-corrected chi connectivity index (χ4v) is 5.69. The van der Waals surface area contributed by atoms with Crippen molar-refractivity contribution in [3.8, 4) is 0 Å². The maximum absolute atomic E-state index is 12.9. The molecular weight excluding hydrogens is 395 g/mol. The molecule has 1 aromatic rings. The SMILES string of the molecule is C=CCN(C(=O)C1CCN(S(=O)(=O)c2c(Cl)cccc2Cl)CC1)C(C)C. The van der Waals surface area contributed by atoms with Crippen LogP contribution in [0.2, 0.25) is 10.0 Å². The third kappa shape index (κ3) is 4.42. The number of benzene rings is 1. The second-order valence-corrected chi connectivity index (χ2v) is 9.29. The van der Waals surface area contributed by atoms with Gasteiger partial charge in [-0.15, -0.1) is 6.58 Å². The molecule has 0 N–H and O–H groups in total. The Labute approximate surface area is 165 Å². The summed E-state index contributed by atoms with van der Waals surface area (Å²) in [5, 5.41) is 0.209. The average molecular weight is 419 g/mol. The summed E-state index contributed by atoms with van der Waals surface area (Å²) in [5.41, 5.74) is 0. The van der Waals surface area contributed by atoms with Crippen LogP contribution < -0.4 is 0 Å². The zero-order chi connectivity index (χ0) is 19.5. The van der Waals surface area contributed by atoms with E-state index in [1.54, 1.807) is 17.0 Å². The highest BCUT2D eigenvalue weighted by Crippen LogP contribution is 2.33. The van der Waals surface area contributed by atoms with Gasteiger partial charge in [0.25, 0.3) is 0 Å². The quantitative estimate of drug-likeness (QED) is 0.659. The zero-order valence-corrected chi connectivity index (χ0v) is 17.3. The summed E-state index contributed by atoms with van der Waals surface area (Å²) in [6.45, 7) is 8.63. The highest BCUT2D eigenvalue weighted by molar-refractivity contribution is 7.89. The number of hydrogen-bond acceptors (Lipinski definition) is 3. The highest BCUT2D eigenvalue weighted by Gasteiger charge is 2.35. The number of sulfonamides is 1. The Balaban J connectivity index is 2.13. The molecule has 1 saturated heterocycles. The van der Waals surface area contributed by atoms with E-state index in [1.807, 2.05) is 13.8 Å². The van der Waals surface area contributed by atoms with Crippen molar-refractivity contribution in [3.05, 3.63) is 40.9 Å². The smallest absolute Gasteiger partial charge is 0.246 e. The third-order valence-electron chi connectivity index (χ3n) is 4.55. The summed E-state index contributed by atoms with van der Waals surface area (Å²) in [5.74, 6) is -0.141. The number of carbonyl (C=O) groups is 1. The largest absolute Gasteiger partial charge is 0.336 e. The second-order valence-electron chi connectivity index (χ2n) is 6.60. The van der Waals surface area contributed by atoms with Gasteiger partial charge in [-0.25, -0.2) is 8.42 Å². The molecule has 0 saturated carbocycles. The first kappa shape index (κ1) is 21.2. The molecule has 0 aromatic heterocycles. The van der Waals surface area contributed by atoms with Crippen molar-refractivity contribution in [1.82, 2.24) is 9.21 Å². The van der Waals surface area contributed by atoms with E-state index in [0.717, 1.165) is 0 Å². The summed E-state index contributed by atoms with van der Waals surface area (Å²) in [6.07, 6.45) is 2.65. The lowest BCUT2D eigenvalue weighted by atomic mass is 9.96. The average Bonchev–Trinajstić information content (AvgIpc) is 2.58. The summed E-state index contributed by atoms with van der Waals surface area (Å²) in [7, 11) is -3.79. The van der Waals surface area contributed by atoms with Crippen molar-refractivity contribution < 1.29 is 13.2 Å². The Hall–Kier alpha value is -1.08. The lowest BCUT2D eigenvalue weighted by molar-refractivity contribution is -0.137. The summed E-state index contributed by atoms with van der Waals surface area (Å²) in [6, 6.07) is 4.69. The first-order chi connectivity index (χ1) is 12.2. The number of rotatable bonds is 6. The van der Waals surface area contributed by atoms with Gasteiger partial charge in [0.05, 0.1) is 10.0 Å². The molecule has 1 aliphatic heterocycles. The lowest BCUT2D eigenvalue weighted by Gasteiger charge is -2.35. The number of amides is 1. The van der Waals surface area contributed by atoms with Crippen LogP contribution >= 0.6 is 23.2 Å². The van der Waals surface area contributed by atoms with E-state index in [0.29, 0.717) is 19.4 Å². The van der Waals surface area contributed by atoms with Gasteiger partial charge in [-0.05, 0) is 38.8 Å². The molecule has 2 rings (SSSR count). The van der Waals surface area contributed by atoms with Gasteiger partial charge in [-0.1, -0.05) is 35.3 Å². The minimum atomic E-state index is -3.79. The van der Waals surface area contributed by atoms with Gasteiger partial charge in [0.1, 0.15) is 4.90 Å². The van der Waals surface area contributed by atoms with E-state index in [1.165, 1.54) is 16.4 Å². The first-order valence-corrected chi connectivity index (χ1v) is 10.7. The monoisotopic (exact) mass is 418 g/mol. The van der Waals surface area contributed by atoms with Gasteiger partial charge in [0, 0.05) is 31.6 Å². The lowest BCUT2D eigenvalue weighted by Crippen LogP contribution is -2.46. The highest BCUT2D eigenvalue weighted by atomic mass is 35.5. The van der Waals surface area contributed by atoms with Gasteiger partial charge in [-0.3, -0.25) is 4.79 Å². The van der Waals surface area contributed by atoms with Crippen molar-refractivity contribution in [2.75, 3.05) is 19.6 Å². The normalized spacial score (nSPS) is 16.7. The number of carbonyl (C=O) groups excluding carboxylic acids is 1. The molecule has 144 valence electrons. The predicted molar refractivity (Wildman–Crippen MR) is 105 cm³/mol. The van der Waals surface area contributed by atoms with Crippen LogP contribution in [0.1, 0.15) is 26.7 Å². The molecule has 8 heteroatoms. The fraction of sp³-hybridized carbons (Fsp3) is 0.500. The van der Waals surface area contributed by atoms with E-state index in [4.69, 9.17) is 23.2 Å². The number of hydrogen-bond donors (Lipinski definition) is 0. The Morgan fingerprint density at radius 2 is 1.85 bits per heavy atom. The van der Waals surface area contributed by atoms with Crippen molar-refractivity contribution in [2.24, 2.45) is 5.92 Å². The van der Waals surface area contributed by atoms with Crippen LogP contribution in [0, 0.1) is 5.92 Å². The minimum Gasteiger partial charge on any atom is -0.336 e. The maximum Gasteiger partial charge on any atom is 0.246 e. The van der Waals surface area contributed by atoms with Crippen molar-refractivity contribution in [3.63, 3.8) is 0 Å². The fourth-order valence-electron chi connectivity index (χ4n) is 3.13. The first-order valence-electron chi connectivity index (χ1n) is 8.55. The molecule has 1 aliphatic rings. The molecule has 0 radical (unpaired) electrons. The van der Waals surface area contributed by atoms with Gasteiger partial charge in [-0.2, -0.15) is 4.31 Å². The van der Waals surface area contributed by atoms with Crippen LogP contribution in [0.5, 0.6) is 0 Å². The number of piperidine rings is 1. The van der Waals surface area contributed by atoms with Gasteiger partial charge >= 0.3 is 0 Å². The standard InChI is InChI=1S/C18H24Cl2N2O3S/c1-4-10-22(13(2)3)18(23)14-8-11-21(12-9-14)26(24,25)17-15(19)6-5-7-16(17)20/h4-7,13-14H,1,8-12H2,2-3H3. The van der Waals surface area contributed by atoms with Crippen molar-refractivity contribution in [2.45, 2.75) is 37.6 Å². The Morgan fingerprint density at radius 1 is 1.31 bits per heavy atom. The van der Waals surface area contributed by atoms with Crippen LogP contribution in [-0.4, -0.2) is 49.2 Å². The Kier molecular flexibility index (Phi) is 7.13. The molecule has 5 nitrogen and oxygen atoms in total. The van der Waals surface area contributed by atoms with Crippen LogP contribution in [0.4, 0.5) is 0 Å². The molecule has 0 atom stereocenters. The summed E-state index contributed by atoms with van der Waals surface area (Å²) in [4.78, 5) is 14.4. The molecular formula is C18H24Cl2N2O3S. The summed E-state index contributed by atoms with van der Waals surface area (Å²) < 4.78 is 27.2. The van der Waals surface area contributed by atoms with E-state index in [2.05, 4.69) is 6.58 Å². The van der Waals surface area contributed by atoms with E-state index in [9.17, 15) is 13.2 Å². The maximum atomic E-state index is 12.9. The molecule has 0 aliphatic carbocycles. The third-order valence-corrected chi connectivity index (χ3v) is 7.41.